The van der Waals surface area contributed by atoms with Crippen molar-refractivity contribution in [3.8, 4) is 0 Å². The van der Waals surface area contributed by atoms with E-state index >= 15 is 0 Å². The Morgan fingerprint density at radius 1 is 1.38 bits per heavy atom. The van der Waals surface area contributed by atoms with E-state index in [0.29, 0.717) is 19.6 Å². The van der Waals surface area contributed by atoms with Gasteiger partial charge in [0, 0.05) is 6.61 Å². The van der Waals surface area contributed by atoms with E-state index in [0.717, 1.165) is 0 Å². The molecule has 7 nitrogen and oxygen atoms in total. The van der Waals surface area contributed by atoms with E-state index in [1.54, 1.807) is 13.8 Å². The Bertz CT molecular complexity index is 348. The van der Waals surface area contributed by atoms with Crippen molar-refractivity contribution in [3.63, 3.8) is 0 Å². The molecule has 1 aliphatic rings. The molecule has 124 valence electrons. The number of rotatable bonds is 8. The molecule has 1 heterocycles. The molecule has 0 aliphatic carbocycles. The molecule has 21 heavy (non-hydrogen) atoms. The zero-order valence-electron chi connectivity index (χ0n) is 13.3. The second kappa shape index (κ2) is 7.02. The van der Waals surface area contributed by atoms with Crippen LogP contribution in [0.3, 0.4) is 0 Å². The summed E-state index contributed by atoms with van der Waals surface area (Å²) in [6.45, 7) is 7.48. The number of esters is 1. The summed E-state index contributed by atoms with van der Waals surface area (Å²) in [5, 5.41) is 19.2. The Hall–Kier alpha value is -0.730. The molecule has 0 aromatic heterocycles. The first kappa shape index (κ1) is 18.3. The lowest BCUT2D eigenvalue weighted by Gasteiger charge is -2.51. The van der Waals surface area contributed by atoms with Gasteiger partial charge in [-0.2, -0.15) is 0 Å². The third-order valence-electron chi connectivity index (χ3n) is 3.22. The van der Waals surface area contributed by atoms with Crippen molar-refractivity contribution >= 4 is 5.97 Å². The fourth-order valence-electron chi connectivity index (χ4n) is 2.17. The van der Waals surface area contributed by atoms with E-state index in [4.69, 9.17) is 14.2 Å². The standard InChI is InChI=1S/C14H26O7/c1-13(2)11(10(21-13)9(15)12(16)18-5)19-7-6-8-20-14(3,4)17/h9-11,15,17H,6-8H2,1-5H3. The maximum atomic E-state index is 11.3. The smallest absolute Gasteiger partial charge is 0.337 e. The highest BCUT2D eigenvalue weighted by Crippen LogP contribution is 2.37. The molecule has 1 rings (SSSR count). The van der Waals surface area contributed by atoms with Gasteiger partial charge in [-0.15, -0.1) is 0 Å². The third-order valence-corrected chi connectivity index (χ3v) is 3.22. The number of carbonyl (C=O) groups excluding carboxylic acids is 1. The van der Waals surface area contributed by atoms with Crippen LogP contribution in [0.5, 0.6) is 0 Å². The zero-order chi connectivity index (χ0) is 16.3. The van der Waals surface area contributed by atoms with Gasteiger partial charge in [-0.05, 0) is 34.1 Å². The van der Waals surface area contributed by atoms with Crippen molar-refractivity contribution in [2.75, 3.05) is 20.3 Å². The van der Waals surface area contributed by atoms with Crippen molar-refractivity contribution < 1.29 is 34.0 Å². The van der Waals surface area contributed by atoms with Crippen LogP contribution in [0.15, 0.2) is 0 Å². The highest BCUT2D eigenvalue weighted by molar-refractivity contribution is 5.75. The Morgan fingerprint density at radius 2 is 2.00 bits per heavy atom. The minimum absolute atomic E-state index is 0.349. The molecule has 7 heteroatoms. The number of ether oxygens (including phenoxy) is 4. The summed E-state index contributed by atoms with van der Waals surface area (Å²) < 4.78 is 20.8. The molecule has 3 unspecified atom stereocenters. The summed E-state index contributed by atoms with van der Waals surface area (Å²) in [4.78, 5) is 11.3. The normalized spacial score (nSPS) is 26.0. The summed E-state index contributed by atoms with van der Waals surface area (Å²) in [5.74, 6) is -1.91. The second-order valence-electron chi connectivity index (χ2n) is 6.09. The first-order valence-corrected chi connectivity index (χ1v) is 7.00. The molecule has 0 radical (unpaired) electrons. The van der Waals surface area contributed by atoms with Gasteiger partial charge in [0.25, 0.3) is 0 Å². The number of hydrogen-bond donors (Lipinski definition) is 2. The number of carbonyl (C=O) groups is 1. The monoisotopic (exact) mass is 306 g/mol. The van der Waals surface area contributed by atoms with Crippen molar-refractivity contribution in [1.82, 2.24) is 0 Å². The van der Waals surface area contributed by atoms with Gasteiger partial charge < -0.3 is 29.2 Å². The van der Waals surface area contributed by atoms with Crippen LogP contribution in [-0.4, -0.2) is 66.2 Å². The summed E-state index contributed by atoms with van der Waals surface area (Å²) in [5.41, 5.74) is -0.573. The Labute approximate surface area is 125 Å². The maximum Gasteiger partial charge on any atom is 0.337 e. The molecule has 1 fully saturated rings. The Morgan fingerprint density at radius 3 is 2.48 bits per heavy atom. The van der Waals surface area contributed by atoms with Gasteiger partial charge in [0.2, 0.25) is 0 Å². The summed E-state index contributed by atoms with van der Waals surface area (Å²) in [6.07, 6.45) is -1.92. The molecular weight excluding hydrogens is 280 g/mol. The van der Waals surface area contributed by atoms with Crippen LogP contribution in [0.25, 0.3) is 0 Å². The zero-order valence-corrected chi connectivity index (χ0v) is 13.3. The second-order valence-corrected chi connectivity index (χ2v) is 6.09. The van der Waals surface area contributed by atoms with Gasteiger partial charge in [-0.3, -0.25) is 0 Å². The highest BCUT2D eigenvalue weighted by Gasteiger charge is 2.55. The van der Waals surface area contributed by atoms with Crippen molar-refractivity contribution in [2.45, 2.75) is 63.8 Å². The molecule has 0 spiro atoms. The average Bonchev–Trinajstić information content (AvgIpc) is 2.37. The first-order valence-electron chi connectivity index (χ1n) is 7.00. The van der Waals surface area contributed by atoms with Gasteiger partial charge in [0.1, 0.15) is 12.2 Å². The first-order chi connectivity index (χ1) is 9.58. The number of hydrogen-bond acceptors (Lipinski definition) is 7. The lowest BCUT2D eigenvalue weighted by Crippen LogP contribution is -2.67. The van der Waals surface area contributed by atoms with Crippen LogP contribution < -0.4 is 0 Å². The molecular formula is C14H26O7. The molecule has 0 saturated carbocycles. The third kappa shape index (κ3) is 5.19. The Balaban J connectivity index is 2.38. The number of aliphatic hydroxyl groups excluding tert-OH is 1. The van der Waals surface area contributed by atoms with E-state index in [2.05, 4.69) is 4.74 Å². The van der Waals surface area contributed by atoms with Gasteiger partial charge in [0.15, 0.2) is 11.9 Å². The van der Waals surface area contributed by atoms with Crippen LogP contribution in [0.1, 0.15) is 34.1 Å². The fourth-order valence-corrected chi connectivity index (χ4v) is 2.17. The van der Waals surface area contributed by atoms with Crippen LogP contribution in [0, 0.1) is 0 Å². The molecule has 0 aromatic rings. The topological polar surface area (TPSA) is 94.5 Å². The largest absolute Gasteiger partial charge is 0.467 e. The minimum atomic E-state index is -1.36. The molecule has 3 atom stereocenters. The van der Waals surface area contributed by atoms with Gasteiger partial charge in [-0.1, -0.05) is 0 Å². The van der Waals surface area contributed by atoms with Crippen molar-refractivity contribution in [2.24, 2.45) is 0 Å². The lowest BCUT2D eigenvalue weighted by atomic mass is 9.86. The average molecular weight is 306 g/mol. The molecule has 1 saturated heterocycles. The van der Waals surface area contributed by atoms with E-state index in [1.807, 2.05) is 13.8 Å². The minimum Gasteiger partial charge on any atom is -0.467 e. The predicted molar refractivity (Wildman–Crippen MR) is 73.6 cm³/mol. The van der Waals surface area contributed by atoms with E-state index in [9.17, 15) is 15.0 Å². The molecule has 0 aromatic carbocycles. The maximum absolute atomic E-state index is 11.3. The SMILES string of the molecule is COC(=O)C(O)C1OC(C)(C)C1OCCCOC(C)(C)O. The summed E-state index contributed by atoms with van der Waals surface area (Å²) in [6, 6.07) is 0. The van der Waals surface area contributed by atoms with Crippen LogP contribution in [0.2, 0.25) is 0 Å². The Kier molecular flexibility index (Phi) is 6.12. The molecule has 0 amide bonds. The van der Waals surface area contributed by atoms with E-state index < -0.39 is 35.7 Å². The van der Waals surface area contributed by atoms with Crippen molar-refractivity contribution in [3.05, 3.63) is 0 Å². The highest BCUT2D eigenvalue weighted by atomic mass is 16.6. The van der Waals surface area contributed by atoms with Gasteiger partial charge >= 0.3 is 5.97 Å². The fraction of sp³-hybridized carbons (Fsp3) is 0.929. The summed E-state index contributed by atoms with van der Waals surface area (Å²) >= 11 is 0. The van der Waals surface area contributed by atoms with E-state index in [1.165, 1.54) is 7.11 Å². The molecule has 0 bridgehead atoms. The van der Waals surface area contributed by atoms with Crippen molar-refractivity contribution in [1.29, 1.82) is 0 Å². The van der Waals surface area contributed by atoms with Crippen LogP contribution in [-0.2, 0) is 23.7 Å². The quantitative estimate of drug-likeness (QED) is 0.376. The summed E-state index contributed by atoms with van der Waals surface area (Å²) in [7, 11) is 1.21. The molecule has 1 aliphatic heterocycles. The van der Waals surface area contributed by atoms with Gasteiger partial charge in [0.05, 0.1) is 19.3 Å². The van der Waals surface area contributed by atoms with E-state index in [-0.39, 0.29) is 0 Å². The van der Waals surface area contributed by atoms with Crippen LogP contribution >= 0.6 is 0 Å². The van der Waals surface area contributed by atoms with Crippen LogP contribution in [0.4, 0.5) is 0 Å². The predicted octanol–water partition coefficient (Wildman–Crippen LogP) is 0.218. The van der Waals surface area contributed by atoms with Gasteiger partial charge in [-0.25, -0.2) is 4.79 Å². The lowest BCUT2D eigenvalue weighted by molar-refractivity contribution is -0.310. The number of aliphatic hydroxyl groups is 2. The molecule has 2 N–H and O–H groups in total. The number of methoxy groups -OCH3 is 1.